The zero-order valence-electron chi connectivity index (χ0n) is 9.83. The summed E-state index contributed by atoms with van der Waals surface area (Å²) < 4.78 is 24.6. The van der Waals surface area contributed by atoms with Gasteiger partial charge in [-0.25, -0.2) is 17.5 Å². The minimum atomic E-state index is -3.76. The molecule has 1 rings (SSSR count). The van der Waals surface area contributed by atoms with Crippen LogP contribution in [0.3, 0.4) is 0 Å². The van der Waals surface area contributed by atoms with Crippen molar-refractivity contribution in [2.75, 3.05) is 25.4 Å². The van der Waals surface area contributed by atoms with Gasteiger partial charge in [0.2, 0.25) is 10.0 Å². The summed E-state index contributed by atoms with van der Waals surface area (Å²) in [6.07, 6.45) is 1.42. The third-order valence-corrected chi connectivity index (χ3v) is 4.48. The summed E-state index contributed by atoms with van der Waals surface area (Å²) in [6.45, 7) is 0.840. The maximum absolute atomic E-state index is 11.7. The molecular formula is C9H17N3O5S. The van der Waals surface area contributed by atoms with Crippen molar-refractivity contribution in [2.24, 2.45) is 11.7 Å². The Kier molecular flexibility index (Phi) is 4.91. The topological polar surface area (TPSA) is 130 Å². The fourth-order valence-corrected chi connectivity index (χ4v) is 3.28. The number of amides is 2. The molecule has 1 unspecified atom stereocenters. The van der Waals surface area contributed by atoms with E-state index in [0.717, 1.165) is 10.7 Å². The van der Waals surface area contributed by atoms with E-state index in [2.05, 4.69) is 5.32 Å². The minimum absolute atomic E-state index is 0.0326. The number of nitrogens with one attached hydrogen (secondary N) is 1. The normalized spacial score (nSPS) is 21.4. The highest BCUT2D eigenvalue weighted by Gasteiger charge is 2.30. The van der Waals surface area contributed by atoms with Gasteiger partial charge >= 0.3 is 12.0 Å². The number of carbonyl (C=O) groups excluding carboxylic acids is 1. The number of aliphatic carboxylic acids is 1. The molecule has 1 fully saturated rings. The molecule has 0 bridgehead atoms. The number of carboxylic acids is 1. The van der Waals surface area contributed by atoms with E-state index < -0.39 is 27.8 Å². The minimum Gasteiger partial charge on any atom is -0.480 e. The van der Waals surface area contributed by atoms with E-state index in [1.54, 1.807) is 0 Å². The van der Waals surface area contributed by atoms with Gasteiger partial charge in [-0.2, -0.15) is 0 Å². The summed E-state index contributed by atoms with van der Waals surface area (Å²) in [5.41, 5.74) is 4.94. The summed E-state index contributed by atoms with van der Waals surface area (Å²) in [5, 5.41) is 11.0. The fourth-order valence-electron chi connectivity index (χ4n) is 1.94. The van der Waals surface area contributed by atoms with E-state index in [4.69, 9.17) is 10.8 Å². The number of hydrogen-bond donors (Lipinski definition) is 3. The molecule has 8 nitrogen and oxygen atoms in total. The number of sulfonamides is 1. The number of primary amides is 1. The molecule has 1 atom stereocenters. The number of hydrogen-bond acceptors (Lipinski definition) is 4. The highest BCUT2D eigenvalue weighted by molar-refractivity contribution is 7.89. The Morgan fingerprint density at radius 3 is 2.67 bits per heavy atom. The van der Waals surface area contributed by atoms with Crippen molar-refractivity contribution in [3.05, 3.63) is 0 Å². The van der Waals surface area contributed by atoms with Crippen molar-refractivity contribution < 1.29 is 23.1 Å². The van der Waals surface area contributed by atoms with Crippen molar-refractivity contribution in [1.82, 2.24) is 9.62 Å². The molecule has 4 N–H and O–H groups in total. The van der Waals surface area contributed by atoms with Crippen LogP contribution in [-0.2, 0) is 14.8 Å². The molecule has 0 saturated carbocycles. The molecule has 104 valence electrons. The maximum Gasteiger partial charge on any atom is 0.320 e. The Morgan fingerprint density at radius 2 is 2.11 bits per heavy atom. The third kappa shape index (κ3) is 4.49. The molecule has 0 radical (unpaired) electrons. The predicted molar refractivity (Wildman–Crippen MR) is 63.3 cm³/mol. The number of nitrogens with two attached hydrogens (primary N) is 1. The molecule has 1 aliphatic heterocycles. The van der Waals surface area contributed by atoms with E-state index in [9.17, 15) is 18.0 Å². The lowest BCUT2D eigenvalue weighted by atomic mass is 10.00. The average molecular weight is 279 g/mol. The number of carbonyl (C=O) groups is 2. The first kappa shape index (κ1) is 14.7. The van der Waals surface area contributed by atoms with Crippen LogP contribution in [0.1, 0.15) is 12.8 Å². The first-order chi connectivity index (χ1) is 8.31. The molecule has 0 aliphatic carbocycles. The zero-order chi connectivity index (χ0) is 13.8. The van der Waals surface area contributed by atoms with Gasteiger partial charge in [-0.3, -0.25) is 4.79 Å². The molecule has 0 spiro atoms. The van der Waals surface area contributed by atoms with Crippen LogP contribution < -0.4 is 11.1 Å². The molecule has 0 aromatic heterocycles. The molecule has 2 amide bonds. The highest BCUT2D eigenvalue weighted by Crippen LogP contribution is 2.18. The quantitative estimate of drug-likeness (QED) is 0.581. The zero-order valence-corrected chi connectivity index (χ0v) is 10.6. The van der Waals surface area contributed by atoms with Gasteiger partial charge in [0.1, 0.15) is 0 Å². The summed E-state index contributed by atoms with van der Waals surface area (Å²) >= 11 is 0. The van der Waals surface area contributed by atoms with Crippen LogP contribution in [-0.4, -0.2) is 55.2 Å². The van der Waals surface area contributed by atoms with E-state index in [0.29, 0.717) is 19.5 Å². The molecule has 1 heterocycles. The second-order valence-electron chi connectivity index (χ2n) is 4.26. The molecule has 0 aromatic rings. The van der Waals surface area contributed by atoms with Crippen molar-refractivity contribution in [3.63, 3.8) is 0 Å². The number of rotatable bonds is 5. The Morgan fingerprint density at radius 1 is 1.44 bits per heavy atom. The lowest BCUT2D eigenvalue weighted by molar-refractivity contribution is -0.134. The van der Waals surface area contributed by atoms with E-state index in [1.807, 2.05) is 0 Å². The lowest BCUT2D eigenvalue weighted by Crippen LogP contribution is -2.45. The van der Waals surface area contributed by atoms with Gasteiger partial charge in [-0.1, -0.05) is 0 Å². The number of carboxylic acid groups (broad SMARTS) is 1. The van der Waals surface area contributed by atoms with Gasteiger partial charge in [-0.15, -0.1) is 0 Å². The molecule has 0 aromatic carbocycles. The van der Waals surface area contributed by atoms with Crippen LogP contribution in [0, 0.1) is 5.92 Å². The molecular weight excluding hydrogens is 262 g/mol. The Labute approximate surface area is 105 Å². The van der Waals surface area contributed by atoms with Crippen molar-refractivity contribution in [1.29, 1.82) is 0 Å². The number of nitrogens with zero attached hydrogens (tertiary/aromatic N) is 1. The van der Waals surface area contributed by atoms with Crippen molar-refractivity contribution >= 4 is 22.0 Å². The predicted octanol–water partition coefficient (Wildman–Crippen LogP) is -1.22. The van der Waals surface area contributed by atoms with Gasteiger partial charge in [0, 0.05) is 19.6 Å². The van der Waals surface area contributed by atoms with Crippen LogP contribution in [0.2, 0.25) is 0 Å². The summed E-state index contributed by atoms with van der Waals surface area (Å²) in [6, 6.07) is -0.652. The number of piperidine rings is 1. The van der Waals surface area contributed by atoms with E-state index in [1.165, 1.54) is 0 Å². The van der Waals surface area contributed by atoms with Crippen LogP contribution in [0.15, 0.2) is 0 Å². The fraction of sp³-hybridized carbons (Fsp3) is 0.778. The molecule has 1 saturated heterocycles. The van der Waals surface area contributed by atoms with Crippen LogP contribution >= 0.6 is 0 Å². The lowest BCUT2D eigenvalue weighted by Gasteiger charge is -2.31. The number of urea groups is 1. The van der Waals surface area contributed by atoms with Crippen LogP contribution in [0.25, 0.3) is 0 Å². The highest BCUT2D eigenvalue weighted by atomic mass is 32.2. The standard InChI is InChI=1S/C9H17N3O5S/c10-9(15)11-4-7-2-1-3-12(5-7)18(16,17)6-8(13)14/h7H,1-6H2,(H,13,14)(H3,10,11,15). The van der Waals surface area contributed by atoms with Crippen LogP contribution in [0.5, 0.6) is 0 Å². The van der Waals surface area contributed by atoms with E-state index in [-0.39, 0.29) is 12.5 Å². The summed E-state index contributed by atoms with van der Waals surface area (Å²) in [4.78, 5) is 21.0. The first-order valence-electron chi connectivity index (χ1n) is 5.54. The van der Waals surface area contributed by atoms with Gasteiger partial charge < -0.3 is 16.2 Å². The monoisotopic (exact) mass is 279 g/mol. The second kappa shape index (κ2) is 6.01. The summed E-state index contributed by atoms with van der Waals surface area (Å²) in [7, 11) is -3.76. The largest absolute Gasteiger partial charge is 0.480 e. The van der Waals surface area contributed by atoms with Crippen molar-refractivity contribution in [2.45, 2.75) is 12.8 Å². The first-order valence-corrected chi connectivity index (χ1v) is 7.15. The van der Waals surface area contributed by atoms with Crippen LogP contribution in [0.4, 0.5) is 4.79 Å². The maximum atomic E-state index is 11.7. The van der Waals surface area contributed by atoms with E-state index >= 15 is 0 Å². The van der Waals surface area contributed by atoms with Gasteiger partial charge in [-0.05, 0) is 18.8 Å². The third-order valence-electron chi connectivity index (χ3n) is 2.75. The molecule has 18 heavy (non-hydrogen) atoms. The SMILES string of the molecule is NC(=O)NCC1CCCN(S(=O)(=O)CC(=O)O)C1. The Balaban J connectivity index is 2.57. The van der Waals surface area contributed by atoms with Gasteiger partial charge in [0.15, 0.2) is 5.75 Å². The Bertz CT molecular complexity index is 422. The van der Waals surface area contributed by atoms with Crippen molar-refractivity contribution in [3.8, 4) is 0 Å². The average Bonchev–Trinajstić information content (AvgIpc) is 2.25. The summed E-state index contributed by atoms with van der Waals surface area (Å²) in [5.74, 6) is -2.30. The second-order valence-corrected chi connectivity index (χ2v) is 6.23. The van der Waals surface area contributed by atoms with Gasteiger partial charge in [0.25, 0.3) is 0 Å². The molecule has 1 aliphatic rings. The molecule has 9 heteroatoms. The Hall–Kier alpha value is -1.35. The van der Waals surface area contributed by atoms with Gasteiger partial charge in [0.05, 0.1) is 0 Å². The smallest absolute Gasteiger partial charge is 0.320 e.